The van der Waals surface area contributed by atoms with E-state index in [2.05, 4.69) is 44.5 Å². The minimum Gasteiger partial charge on any atom is -0.444 e. The van der Waals surface area contributed by atoms with Crippen molar-refractivity contribution < 1.29 is 46.2 Å². The van der Waals surface area contributed by atoms with Gasteiger partial charge in [-0.25, -0.2) is 18.0 Å². The molecule has 7 atom stereocenters. The summed E-state index contributed by atoms with van der Waals surface area (Å²) in [5.74, 6) is -3.45. The van der Waals surface area contributed by atoms with Crippen molar-refractivity contribution in [1.82, 2.24) is 20.4 Å². The van der Waals surface area contributed by atoms with Crippen LogP contribution in [0.4, 0.5) is 18.0 Å². The van der Waals surface area contributed by atoms with Gasteiger partial charge >= 0.3 is 6.09 Å². The van der Waals surface area contributed by atoms with E-state index < -0.39 is 73.4 Å². The highest BCUT2D eigenvalue weighted by Gasteiger charge is 2.54. The van der Waals surface area contributed by atoms with Crippen molar-refractivity contribution in [3.8, 4) is 0 Å². The van der Waals surface area contributed by atoms with Crippen LogP contribution in [-0.4, -0.2) is 96.5 Å². The van der Waals surface area contributed by atoms with Crippen molar-refractivity contribution in [3.63, 3.8) is 0 Å². The summed E-state index contributed by atoms with van der Waals surface area (Å²) in [6.45, 7) is 21.3. The van der Waals surface area contributed by atoms with E-state index >= 15 is 13.6 Å². The van der Waals surface area contributed by atoms with Gasteiger partial charge < -0.3 is 29.4 Å². The summed E-state index contributed by atoms with van der Waals surface area (Å²) in [5.41, 5.74) is -0.183. The fourth-order valence-electron chi connectivity index (χ4n) is 8.83. The van der Waals surface area contributed by atoms with E-state index in [9.17, 15) is 18.8 Å². The van der Waals surface area contributed by atoms with Gasteiger partial charge in [0.05, 0.1) is 37.4 Å². The number of nitrogens with one attached hydrogen (secondary N) is 2. The van der Waals surface area contributed by atoms with E-state index in [0.717, 1.165) is 17.2 Å². The summed E-state index contributed by atoms with van der Waals surface area (Å²) in [7, 11) is -2.83. The Bertz CT molecular complexity index is 2130. The molecule has 362 valence electrons. The number of nitrogens with zero attached hydrogens (tertiary/aromatic N) is 2. The second-order valence-electron chi connectivity index (χ2n) is 20.7. The van der Waals surface area contributed by atoms with E-state index in [-0.39, 0.29) is 73.1 Å². The van der Waals surface area contributed by atoms with Crippen LogP contribution in [0.5, 0.6) is 0 Å². The highest BCUT2D eigenvalue weighted by atomic mass is 28.4. The Morgan fingerprint density at radius 1 is 0.894 bits per heavy atom. The van der Waals surface area contributed by atoms with Gasteiger partial charge in [0.1, 0.15) is 34.6 Å². The first-order chi connectivity index (χ1) is 30.8. The summed E-state index contributed by atoms with van der Waals surface area (Å²) < 4.78 is 63.7. The second-order valence-corrected chi connectivity index (χ2v) is 25.4. The maximum absolute atomic E-state index is 15.4. The number of aryl methyl sites for hydroxylation is 1. The van der Waals surface area contributed by atoms with Gasteiger partial charge in [0.25, 0.3) is 0 Å². The Morgan fingerprint density at radius 3 is 2.11 bits per heavy atom. The Labute approximate surface area is 390 Å². The standard InChI is InChI=1S/C51H71F3N4O7Si/c1-12-33(2)51(56-34(3)59)24-25-57(47(51)61)43(23-20-35-16-14-13-15-17-35)46(60)55-42(28-37-26-39(53)29-40(54)27-37)45(65-66(10,11)50(7,8)9)44-30-41(31-58(44)48(62)64-49(4,5)6)63-32-36-18-21-38(52)22-19-36/h13-19,21-22,26-27,29,33,41-45H,12,20,23-25,28,30-32H2,1-11H3,(H,55,60)(H,56,59)/t33-,41?,42+,43+,44?,45+,51+/m1/s1. The average molecular weight is 937 g/mol. The monoisotopic (exact) mass is 937 g/mol. The molecule has 15 heteroatoms. The molecule has 0 bridgehead atoms. The Hall–Kier alpha value is -4.73. The van der Waals surface area contributed by atoms with E-state index in [1.54, 1.807) is 42.7 Å². The van der Waals surface area contributed by atoms with Crippen LogP contribution in [0.2, 0.25) is 18.1 Å². The zero-order chi connectivity index (χ0) is 48.8. The predicted molar refractivity (Wildman–Crippen MR) is 251 cm³/mol. The summed E-state index contributed by atoms with van der Waals surface area (Å²) in [6, 6.07) is 15.9. The van der Waals surface area contributed by atoms with Crippen LogP contribution >= 0.6 is 0 Å². The lowest BCUT2D eigenvalue weighted by Crippen LogP contribution is -2.63. The van der Waals surface area contributed by atoms with Crippen molar-refractivity contribution in [1.29, 1.82) is 0 Å². The summed E-state index contributed by atoms with van der Waals surface area (Å²) in [4.78, 5) is 60.3. The van der Waals surface area contributed by atoms with Crippen molar-refractivity contribution in [2.45, 2.75) is 167 Å². The van der Waals surface area contributed by atoms with Crippen LogP contribution in [0.1, 0.15) is 105 Å². The summed E-state index contributed by atoms with van der Waals surface area (Å²) >= 11 is 0. The Morgan fingerprint density at radius 2 is 1.53 bits per heavy atom. The van der Waals surface area contributed by atoms with Crippen LogP contribution in [0.25, 0.3) is 0 Å². The van der Waals surface area contributed by atoms with Crippen molar-refractivity contribution in [3.05, 3.63) is 107 Å². The average Bonchev–Trinajstić information content (AvgIpc) is 3.79. The van der Waals surface area contributed by atoms with Gasteiger partial charge in [0.15, 0.2) is 8.32 Å². The fourth-order valence-corrected chi connectivity index (χ4v) is 10.2. The van der Waals surface area contributed by atoms with Gasteiger partial charge in [-0.15, -0.1) is 0 Å². The van der Waals surface area contributed by atoms with E-state index in [0.29, 0.717) is 19.3 Å². The molecule has 2 heterocycles. The first-order valence-electron chi connectivity index (χ1n) is 23.2. The van der Waals surface area contributed by atoms with Gasteiger partial charge in [0.2, 0.25) is 17.7 Å². The van der Waals surface area contributed by atoms with Crippen LogP contribution < -0.4 is 10.6 Å². The number of amides is 4. The molecule has 2 saturated heterocycles. The van der Waals surface area contributed by atoms with E-state index in [1.807, 2.05) is 44.2 Å². The minimum absolute atomic E-state index is 0.0935. The SMILES string of the molecule is CC[C@@H](C)[C@@]1(NC(C)=O)CCN([C@@H](CCc2ccccc2)C(=O)N[C@@H](Cc2cc(F)cc(F)c2)[C@H](O[Si](C)(C)C(C)(C)C)C2CC(OCc3ccc(F)cc3)CN2C(=O)OC(C)(C)C)C1=O. The van der Waals surface area contributed by atoms with Gasteiger partial charge in [-0.3, -0.25) is 19.3 Å². The normalized spacial score (nSPS) is 21.0. The van der Waals surface area contributed by atoms with Gasteiger partial charge in [-0.2, -0.15) is 0 Å². The Balaban J connectivity index is 1.63. The first-order valence-corrected chi connectivity index (χ1v) is 26.2. The number of benzene rings is 3. The molecule has 11 nitrogen and oxygen atoms in total. The Kier molecular flexibility index (Phi) is 17.0. The minimum atomic E-state index is -2.83. The van der Waals surface area contributed by atoms with Gasteiger partial charge in [-0.1, -0.05) is 83.5 Å². The lowest BCUT2D eigenvalue weighted by Gasteiger charge is -2.45. The molecule has 2 fully saturated rings. The molecule has 66 heavy (non-hydrogen) atoms. The molecule has 2 aliphatic rings. The van der Waals surface area contributed by atoms with E-state index in [1.165, 1.54) is 31.2 Å². The first kappa shape index (κ1) is 52.2. The van der Waals surface area contributed by atoms with Crippen molar-refractivity contribution in [2.75, 3.05) is 13.1 Å². The molecule has 4 amide bonds. The highest BCUT2D eigenvalue weighted by molar-refractivity contribution is 6.74. The summed E-state index contributed by atoms with van der Waals surface area (Å²) in [5, 5.41) is 5.86. The third-order valence-electron chi connectivity index (χ3n) is 13.5. The second kappa shape index (κ2) is 21.5. The van der Waals surface area contributed by atoms with Crippen LogP contribution in [0, 0.1) is 23.4 Å². The maximum Gasteiger partial charge on any atom is 0.410 e. The molecular formula is C51H71F3N4O7Si. The molecule has 0 aliphatic carbocycles. The van der Waals surface area contributed by atoms with Crippen LogP contribution in [-0.2, 0) is 47.7 Å². The molecular weight excluding hydrogens is 866 g/mol. The number of likely N-dealkylation sites (tertiary alicyclic amines) is 2. The number of ether oxygens (including phenoxy) is 2. The molecule has 3 aromatic rings. The maximum atomic E-state index is 15.4. The molecule has 2 N–H and O–H groups in total. The third kappa shape index (κ3) is 13.2. The smallest absolute Gasteiger partial charge is 0.410 e. The van der Waals surface area contributed by atoms with Crippen molar-refractivity contribution >= 4 is 32.1 Å². The number of hydrogen-bond donors (Lipinski definition) is 2. The molecule has 2 unspecified atom stereocenters. The zero-order valence-electron chi connectivity index (χ0n) is 40.6. The molecule has 0 spiro atoms. The van der Waals surface area contributed by atoms with E-state index in [4.69, 9.17) is 13.9 Å². The zero-order valence-corrected chi connectivity index (χ0v) is 41.6. The number of carbonyl (C=O) groups is 4. The van der Waals surface area contributed by atoms with Gasteiger partial charge in [0, 0.05) is 19.5 Å². The molecule has 0 aromatic heterocycles. The lowest BCUT2D eigenvalue weighted by molar-refractivity contribution is -0.144. The molecule has 0 radical (unpaired) electrons. The highest BCUT2D eigenvalue weighted by Crippen LogP contribution is 2.41. The third-order valence-corrected chi connectivity index (χ3v) is 18.0. The molecule has 5 rings (SSSR count). The molecule has 0 saturated carbocycles. The van der Waals surface area contributed by atoms with Crippen molar-refractivity contribution in [2.24, 2.45) is 5.92 Å². The molecule has 3 aromatic carbocycles. The number of carbonyl (C=O) groups excluding carboxylic acids is 4. The molecule has 2 aliphatic heterocycles. The van der Waals surface area contributed by atoms with Crippen LogP contribution in [0.15, 0.2) is 72.8 Å². The summed E-state index contributed by atoms with van der Waals surface area (Å²) in [6.07, 6.45) is -0.491. The quantitative estimate of drug-likeness (QED) is 0.122. The lowest BCUT2D eigenvalue weighted by atomic mass is 9.81. The number of hydrogen-bond acceptors (Lipinski definition) is 7. The topological polar surface area (TPSA) is 127 Å². The number of rotatable bonds is 18. The fraction of sp³-hybridized carbons (Fsp3) is 0.569. The van der Waals surface area contributed by atoms with Gasteiger partial charge in [-0.05, 0) is 118 Å². The predicted octanol–water partition coefficient (Wildman–Crippen LogP) is 9.27. The van der Waals surface area contributed by atoms with Crippen LogP contribution in [0.3, 0.4) is 0 Å². The largest absolute Gasteiger partial charge is 0.444 e. The number of halogens is 3.